The van der Waals surface area contributed by atoms with Crippen LogP contribution in [-0.2, 0) is 0 Å². The van der Waals surface area contributed by atoms with Crippen molar-refractivity contribution in [2.24, 2.45) is 0 Å². The van der Waals surface area contributed by atoms with Crippen LogP contribution in [0.1, 0.15) is 0 Å². The van der Waals surface area contributed by atoms with Gasteiger partial charge in [-0.15, -0.1) is 22.7 Å². The summed E-state index contributed by atoms with van der Waals surface area (Å²) in [5.74, 6) is 0. The van der Waals surface area contributed by atoms with Gasteiger partial charge in [0.25, 0.3) is 0 Å². The maximum Gasteiger partial charge on any atom is 0.0640 e. The van der Waals surface area contributed by atoms with E-state index < -0.39 is 0 Å². The smallest absolute Gasteiger partial charge is 0.0640 e. The van der Waals surface area contributed by atoms with Crippen molar-refractivity contribution >= 4 is 102 Å². The molecule has 0 fully saturated rings. The number of nitrogens with zero attached hydrogens (tertiary/aromatic N) is 1. The Hall–Kier alpha value is -7.04. The van der Waals surface area contributed by atoms with Crippen LogP contribution in [0.5, 0.6) is 0 Å². The summed E-state index contributed by atoms with van der Waals surface area (Å²) >= 11 is 3.79. The van der Waals surface area contributed by atoms with Gasteiger partial charge in [-0.25, -0.2) is 0 Å². The molecule has 12 aromatic rings. The average Bonchev–Trinajstić information content (AvgIpc) is 3.89. The fourth-order valence-electron chi connectivity index (χ4n) is 9.17. The van der Waals surface area contributed by atoms with E-state index in [1.54, 1.807) is 0 Å². The van der Waals surface area contributed by atoms with Gasteiger partial charge >= 0.3 is 0 Å². The summed E-state index contributed by atoms with van der Waals surface area (Å²) in [6.07, 6.45) is 0. The molecular weight excluding hydrogens is 751 g/mol. The third kappa shape index (κ3) is 5.51. The Bertz CT molecular complexity index is 3550. The van der Waals surface area contributed by atoms with E-state index in [-0.39, 0.29) is 0 Å². The summed E-state index contributed by atoms with van der Waals surface area (Å²) in [6.45, 7) is 0. The van der Waals surface area contributed by atoms with E-state index in [0.29, 0.717) is 0 Å². The molecule has 0 saturated carbocycles. The molecule has 0 unspecified atom stereocenters. The van der Waals surface area contributed by atoms with Crippen LogP contribution in [-0.4, -0.2) is 0 Å². The van der Waals surface area contributed by atoms with E-state index in [4.69, 9.17) is 0 Å². The highest BCUT2D eigenvalue weighted by Gasteiger charge is 2.23. The third-order valence-corrected chi connectivity index (χ3v) is 14.4. The van der Waals surface area contributed by atoms with Gasteiger partial charge in [0.05, 0.1) is 16.1 Å². The summed E-state index contributed by atoms with van der Waals surface area (Å²) in [6, 6.07) is 78.1. The van der Waals surface area contributed by atoms with Crippen LogP contribution in [0.15, 0.2) is 212 Å². The van der Waals surface area contributed by atoms with E-state index in [0.717, 1.165) is 11.4 Å². The fraction of sp³-hybridized carbons (Fsp3) is 0. The Morgan fingerprint density at radius 2 is 0.831 bits per heavy atom. The zero-order valence-corrected chi connectivity index (χ0v) is 33.6. The van der Waals surface area contributed by atoms with Gasteiger partial charge in [-0.3, -0.25) is 0 Å². The monoisotopic (exact) mass is 785 g/mol. The molecule has 0 N–H and O–H groups in total. The Kier molecular flexibility index (Phi) is 7.97. The van der Waals surface area contributed by atoms with Gasteiger partial charge in [0, 0.05) is 52.3 Å². The van der Waals surface area contributed by atoms with Gasteiger partial charge in [-0.2, -0.15) is 0 Å². The summed E-state index contributed by atoms with van der Waals surface area (Å²) in [7, 11) is 0. The SMILES string of the molecule is c1ccc(-c2cccc3c2sc2c(N(c4ccc(-c5cccc6ccccc56)cc4)c4ccc(-c5cccc6c5sc5ccccc56)c5ccccc45)cccc23)cc1. The zero-order chi connectivity index (χ0) is 38.9. The number of rotatable bonds is 6. The van der Waals surface area contributed by atoms with Crippen LogP contribution in [0, 0.1) is 0 Å². The standard InChI is InChI=1S/C56H35NS2/c1-2-14-37(15-3-1)42-23-11-26-49-50-27-13-28-52(56(50)59-54(42)49)57(39-32-30-38(31-33-39)41-22-10-17-36-16-4-5-18-40(36)41)51-35-34-44(43-19-6-7-20-45(43)51)47-24-12-25-48-46-21-8-9-29-53(46)58-55(47)48/h1-35H. The number of fused-ring (bicyclic) bond motifs is 8. The summed E-state index contributed by atoms with van der Waals surface area (Å²) < 4.78 is 5.23. The van der Waals surface area contributed by atoms with Crippen LogP contribution < -0.4 is 4.90 Å². The Morgan fingerprint density at radius 3 is 1.66 bits per heavy atom. The van der Waals surface area contributed by atoms with Crippen molar-refractivity contribution in [2.45, 2.75) is 0 Å². The van der Waals surface area contributed by atoms with Gasteiger partial charge in [-0.05, 0) is 74.3 Å². The van der Waals surface area contributed by atoms with Crippen LogP contribution >= 0.6 is 22.7 Å². The van der Waals surface area contributed by atoms with Crippen LogP contribution in [0.3, 0.4) is 0 Å². The van der Waals surface area contributed by atoms with E-state index >= 15 is 0 Å². The summed E-state index contributed by atoms with van der Waals surface area (Å²) in [4.78, 5) is 2.50. The molecule has 2 heterocycles. The highest BCUT2D eigenvalue weighted by molar-refractivity contribution is 7.27. The molecule has 1 nitrogen and oxygen atoms in total. The molecule has 0 spiro atoms. The zero-order valence-electron chi connectivity index (χ0n) is 32.0. The summed E-state index contributed by atoms with van der Waals surface area (Å²) in [5, 5.41) is 10.2. The lowest BCUT2D eigenvalue weighted by atomic mass is 9.95. The normalized spacial score (nSPS) is 11.7. The molecule has 2 aromatic heterocycles. The molecular formula is C56H35NS2. The largest absolute Gasteiger partial charge is 0.308 e. The fourth-order valence-corrected chi connectivity index (χ4v) is 11.7. The van der Waals surface area contributed by atoms with Crippen molar-refractivity contribution in [1.82, 2.24) is 0 Å². The molecule has 0 radical (unpaired) electrons. The number of anilines is 3. The van der Waals surface area contributed by atoms with Crippen molar-refractivity contribution in [3.63, 3.8) is 0 Å². The van der Waals surface area contributed by atoms with Gasteiger partial charge in [0.15, 0.2) is 0 Å². The quantitative estimate of drug-likeness (QED) is 0.162. The van der Waals surface area contributed by atoms with Crippen molar-refractivity contribution in [3.05, 3.63) is 212 Å². The van der Waals surface area contributed by atoms with Gasteiger partial charge in [0.1, 0.15) is 0 Å². The van der Waals surface area contributed by atoms with Crippen LogP contribution in [0.4, 0.5) is 17.1 Å². The maximum absolute atomic E-state index is 2.50. The number of thiophene rings is 2. The minimum Gasteiger partial charge on any atom is -0.308 e. The summed E-state index contributed by atoms with van der Waals surface area (Å²) in [5.41, 5.74) is 10.9. The molecule has 0 aliphatic carbocycles. The van der Waals surface area contributed by atoms with E-state index in [1.165, 1.54) is 101 Å². The second-order valence-electron chi connectivity index (χ2n) is 15.2. The van der Waals surface area contributed by atoms with Gasteiger partial charge in [-0.1, -0.05) is 182 Å². The molecule has 0 aliphatic heterocycles. The second-order valence-corrected chi connectivity index (χ2v) is 17.2. The minimum atomic E-state index is 1.12. The predicted octanol–water partition coefficient (Wildman–Crippen LogP) is 17.2. The third-order valence-electron chi connectivity index (χ3n) is 11.9. The van der Waals surface area contributed by atoms with E-state index in [9.17, 15) is 0 Å². The highest BCUT2D eigenvalue weighted by Crippen LogP contribution is 2.50. The second kappa shape index (κ2) is 13.8. The molecule has 0 amide bonds. The van der Waals surface area contributed by atoms with E-state index in [2.05, 4.69) is 217 Å². The van der Waals surface area contributed by atoms with Crippen LogP contribution in [0.25, 0.3) is 95.3 Å². The topological polar surface area (TPSA) is 3.24 Å². The maximum atomic E-state index is 2.50. The molecule has 3 heteroatoms. The molecule has 0 aliphatic rings. The lowest BCUT2D eigenvalue weighted by Crippen LogP contribution is -2.11. The minimum absolute atomic E-state index is 1.12. The Morgan fingerprint density at radius 1 is 0.271 bits per heavy atom. The molecule has 12 rings (SSSR count). The van der Waals surface area contributed by atoms with Crippen molar-refractivity contribution in [1.29, 1.82) is 0 Å². The van der Waals surface area contributed by atoms with E-state index in [1.807, 2.05) is 22.7 Å². The first-order valence-corrected chi connectivity index (χ1v) is 21.7. The van der Waals surface area contributed by atoms with Crippen molar-refractivity contribution in [3.8, 4) is 33.4 Å². The Balaban J connectivity index is 1.10. The number of hydrogen-bond acceptors (Lipinski definition) is 3. The lowest BCUT2D eigenvalue weighted by molar-refractivity contribution is 1.32. The predicted molar refractivity (Wildman–Crippen MR) is 258 cm³/mol. The molecule has 276 valence electrons. The average molecular weight is 786 g/mol. The van der Waals surface area contributed by atoms with Crippen molar-refractivity contribution in [2.75, 3.05) is 4.90 Å². The first-order valence-electron chi connectivity index (χ1n) is 20.1. The van der Waals surface area contributed by atoms with Gasteiger partial charge < -0.3 is 4.90 Å². The number of benzene rings is 10. The van der Waals surface area contributed by atoms with Crippen molar-refractivity contribution < 1.29 is 0 Å². The van der Waals surface area contributed by atoms with Crippen LogP contribution in [0.2, 0.25) is 0 Å². The first kappa shape index (κ1) is 34.0. The van der Waals surface area contributed by atoms with Gasteiger partial charge in [0.2, 0.25) is 0 Å². The lowest BCUT2D eigenvalue weighted by Gasteiger charge is -2.28. The highest BCUT2D eigenvalue weighted by atomic mass is 32.1. The first-order chi connectivity index (χ1) is 29.3. The molecule has 0 bridgehead atoms. The molecule has 59 heavy (non-hydrogen) atoms. The molecule has 10 aromatic carbocycles. The molecule has 0 atom stereocenters. The molecule has 0 saturated heterocycles. The number of hydrogen-bond donors (Lipinski definition) is 0. The Labute approximate surface area is 350 Å².